The summed E-state index contributed by atoms with van der Waals surface area (Å²) in [6.07, 6.45) is 3.19. The van der Waals surface area contributed by atoms with Gasteiger partial charge < -0.3 is 9.52 Å². The summed E-state index contributed by atoms with van der Waals surface area (Å²) < 4.78 is 5.56. The molecule has 0 spiro atoms. The maximum Gasteiger partial charge on any atom is 0.208 e. The lowest BCUT2D eigenvalue weighted by molar-refractivity contribution is -0.0292. The standard InChI is InChI=1S/C22H24N2O2/c1-17-15-23-21(26-17)16-24-13-11-22(25,12-14-24)20-9-7-19(8-10-20)18-5-3-2-4-6-18/h2-10,15,25H,11-14,16H2,1H3. The number of hydrogen-bond acceptors (Lipinski definition) is 4. The molecule has 0 atom stereocenters. The molecule has 1 aliphatic rings. The molecule has 0 aliphatic carbocycles. The number of aromatic nitrogens is 1. The molecule has 1 N–H and O–H groups in total. The molecule has 2 heterocycles. The van der Waals surface area contributed by atoms with E-state index in [1.54, 1.807) is 6.20 Å². The largest absolute Gasteiger partial charge is 0.445 e. The zero-order chi connectivity index (χ0) is 18.0. The Labute approximate surface area is 154 Å². The third-order valence-corrected chi connectivity index (χ3v) is 5.24. The van der Waals surface area contributed by atoms with Crippen LogP contribution in [0.3, 0.4) is 0 Å². The molecule has 1 fully saturated rings. The number of aryl methyl sites for hydroxylation is 1. The van der Waals surface area contributed by atoms with Crippen LogP contribution in [0.2, 0.25) is 0 Å². The molecule has 0 amide bonds. The summed E-state index contributed by atoms with van der Waals surface area (Å²) in [6, 6.07) is 18.6. The monoisotopic (exact) mass is 348 g/mol. The quantitative estimate of drug-likeness (QED) is 0.770. The van der Waals surface area contributed by atoms with E-state index in [1.165, 1.54) is 11.1 Å². The number of hydrogen-bond donors (Lipinski definition) is 1. The highest BCUT2D eigenvalue weighted by atomic mass is 16.4. The minimum absolute atomic E-state index is 0.705. The summed E-state index contributed by atoms with van der Waals surface area (Å²) >= 11 is 0. The minimum Gasteiger partial charge on any atom is -0.445 e. The molecule has 0 radical (unpaired) electrons. The van der Waals surface area contributed by atoms with Crippen molar-refractivity contribution in [3.8, 4) is 11.1 Å². The highest BCUT2D eigenvalue weighted by Crippen LogP contribution is 2.34. The first-order chi connectivity index (χ1) is 12.6. The van der Waals surface area contributed by atoms with Gasteiger partial charge in [-0.1, -0.05) is 54.6 Å². The minimum atomic E-state index is -0.752. The molecule has 1 aromatic heterocycles. The zero-order valence-electron chi connectivity index (χ0n) is 15.1. The number of aliphatic hydroxyl groups is 1. The second-order valence-corrected chi connectivity index (χ2v) is 7.12. The van der Waals surface area contributed by atoms with Crippen LogP contribution < -0.4 is 0 Å². The fourth-order valence-corrected chi connectivity index (χ4v) is 3.64. The molecule has 1 aliphatic heterocycles. The first kappa shape index (κ1) is 17.0. The smallest absolute Gasteiger partial charge is 0.208 e. The van der Waals surface area contributed by atoms with E-state index >= 15 is 0 Å². The summed E-state index contributed by atoms with van der Waals surface area (Å²) in [5.41, 5.74) is 2.62. The van der Waals surface area contributed by atoms with Crippen molar-refractivity contribution in [2.75, 3.05) is 13.1 Å². The molecule has 2 aromatic carbocycles. The van der Waals surface area contributed by atoms with Gasteiger partial charge in [0.05, 0.1) is 18.3 Å². The lowest BCUT2D eigenvalue weighted by Crippen LogP contribution is -2.42. The number of piperidine rings is 1. The average Bonchev–Trinajstić information content (AvgIpc) is 3.09. The molecule has 3 aromatic rings. The molecule has 4 heteroatoms. The van der Waals surface area contributed by atoms with E-state index in [2.05, 4.69) is 46.3 Å². The van der Waals surface area contributed by atoms with E-state index in [0.29, 0.717) is 6.54 Å². The van der Waals surface area contributed by atoms with Crippen molar-refractivity contribution in [3.05, 3.63) is 78.0 Å². The van der Waals surface area contributed by atoms with Gasteiger partial charge in [-0.25, -0.2) is 4.98 Å². The van der Waals surface area contributed by atoms with Gasteiger partial charge in [-0.3, -0.25) is 4.90 Å². The van der Waals surface area contributed by atoms with Crippen molar-refractivity contribution in [1.82, 2.24) is 9.88 Å². The third kappa shape index (κ3) is 3.57. The van der Waals surface area contributed by atoms with E-state index in [1.807, 2.05) is 25.1 Å². The molecule has 1 saturated heterocycles. The first-order valence-electron chi connectivity index (χ1n) is 9.14. The fraction of sp³-hybridized carbons (Fsp3) is 0.318. The summed E-state index contributed by atoms with van der Waals surface area (Å²) in [6.45, 7) is 4.28. The Morgan fingerprint density at radius 2 is 1.65 bits per heavy atom. The second kappa shape index (κ2) is 7.06. The van der Waals surface area contributed by atoms with Gasteiger partial charge in [0.2, 0.25) is 5.89 Å². The first-order valence-corrected chi connectivity index (χ1v) is 9.14. The van der Waals surface area contributed by atoms with Crippen molar-refractivity contribution in [3.63, 3.8) is 0 Å². The normalized spacial score (nSPS) is 17.3. The number of nitrogens with zero attached hydrogens (tertiary/aromatic N) is 2. The van der Waals surface area contributed by atoms with Crippen LogP contribution in [0.4, 0.5) is 0 Å². The Morgan fingerprint density at radius 3 is 2.27 bits per heavy atom. The molecule has 0 unspecified atom stereocenters. The van der Waals surface area contributed by atoms with Crippen molar-refractivity contribution < 1.29 is 9.52 Å². The molecule has 4 rings (SSSR count). The van der Waals surface area contributed by atoms with Gasteiger partial charge in [0.25, 0.3) is 0 Å². The Balaban J connectivity index is 1.42. The predicted molar refractivity (Wildman–Crippen MR) is 102 cm³/mol. The van der Waals surface area contributed by atoms with Crippen LogP contribution in [0.25, 0.3) is 11.1 Å². The maximum atomic E-state index is 11.1. The van der Waals surface area contributed by atoms with Crippen LogP contribution in [-0.4, -0.2) is 28.1 Å². The van der Waals surface area contributed by atoms with E-state index in [9.17, 15) is 5.11 Å². The number of rotatable bonds is 4. The molecule has 134 valence electrons. The number of benzene rings is 2. The van der Waals surface area contributed by atoms with Gasteiger partial charge in [0.1, 0.15) is 5.76 Å². The van der Waals surface area contributed by atoms with Crippen LogP contribution in [0.1, 0.15) is 30.1 Å². The summed E-state index contributed by atoms with van der Waals surface area (Å²) in [5, 5.41) is 11.1. The second-order valence-electron chi connectivity index (χ2n) is 7.12. The van der Waals surface area contributed by atoms with Crippen LogP contribution in [-0.2, 0) is 12.1 Å². The molecule has 4 nitrogen and oxygen atoms in total. The van der Waals surface area contributed by atoms with Crippen molar-refractivity contribution in [2.45, 2.75) is 31.9 Å². The zero-order valence-corrected chi connectivity index (χ0v) is 15.1. The van der Waals surface area contributed by atoms with Crippen LogP contribution in [0, 0.1) is 6.92 Å². The fourth-order valence-electron chi connectivity index (χ4n) is 3.64. The third-order valence-electron chi connectivity index (χ3n) is 5.24. The van der Waals surface area contributed by atoms with Gasteiger partial charge in [-0.05, 0) is 36.5 Å². The lowest BCUT2D eigenvalue weighted by atomic mass is 9.84. The Kier molecular flexibility index (Phi) is 4.62. The highest BCUT2D eigenvalue weighted by molar-refractivity contribution is 5.63. The van der Waals surface area contributed by atoms with E-state index < -0.39 is 5.60 Å². The summed E-state index contributed by atoms with van der Waals surface area (Å²) in [4.78, 5) is 6.56. The molecule has 0 saturated carbocycles. The van der Waals surface area contributed by atoms with Crippen molar-refractivity contribution in [2.24, 2.45) is 0 Å². The average molecular weight is 348 g/mol. The molecular formula is C22H24N2O2. The van der Waals surface area contributed by atoms with Crippen LogP contribution in [0.15, 0.2) is 65.2 Å². The maximum absolute atomic E-state index is 11.1. The van der Waals surface area contributed by atoms with Crippen LogP contribution >= 0.6 is 0 Å². The van der Waals surface area contributed by atoms with E-state index in [4.69, 9.17) is 4.42 Å². The van der Waals surface area contributed by atoms with E-state index in [0.717, 1.165) is 43.1 Å². The van der Waals surface area contributed by atoms with Gasteiger partial charge in [0.15, 0.2) is 0 Å². The van der Waals surface area contributed by atoms with Crippen LogP contribution in [0.5, 0.6) is 0 Å². The SMILES string of the molecule is Cc1cnc(CN2CCC(O)(c3ccc(-c4ccccc4)cc3)CC2)o1. The Hall–Kier alpha value is -2.43. The lowest BCUT2D eigenvalue weighted by Gasteiger charge is -2.38. The number of likely N-dealkylation sites (tertiary alicyclic amines) is 1. The van der Waals surface area contributed by atoms with Gasteiger partial charge in [-0.15, -0.1) is 0 Å². The Morgan fingerprint density at radius 1 is 1.00 bits per heavy atom. The summed E-state index contributed by atoms with van der Waals surface area (Å²) in [7, 11) is 0. The summed E-state index contributed by atoms with van der Waals surface area (Å²) in [5.74, 6) is 1.59. The topological polar surface area (TPSA) is 49.5 Å². The number of oxazole rings is 1. The Bertz CT molecular complexity index is 847. The van der Waals surface area contributed by atoms with Crippen molar-refractivity contribution >= 4 is 0 Å². The van der Waals surface area contributed by atoms with E-state index in [-0.39, 0.29) is 0 Å². The molecular weight excluding hydrogens is 324 g/mol. The predicted octanol–water partition coefficient (Wildman–Crippen LogP) is 4.13. The van der Waals surface area contributed by atoms with Gasteiger partial charge in [-0.2, -0.15) is 0 Å². The van der Waals surface area contributed by atoms with Crippen molar-refractivity contribution in [1.29, 1.82) is 0 Å². The molecule has 0 bridgehead atoms. The molecule has 26 heavy (non-hydrogen) atoms. The van der Waals surface area contributed by atoms with Gasteiger partial charge in [0, 0.05) is 13.1 Å². The highest BCUT2D eigenvalue weighted by Gasteiger charge is 2.34. The van der Waals surface area contributed by atoms with Gasteiger partial charge >= 0.3 is 0 Å².